The molecule has 0 unspecified atom stereocenters. The smallest absolute Gasteiger partial charge is 0.326 e. The van der Waals surface area contributed by atoms with Gasteiger partial charge in [-0.3, -0.25) is 4.79 Å². The number of carboxylic acids is 1. The molecule has 1 saturated heterocycles. The molecule has 0 aromatic heterocycles. The molecular weight excluding hydrogens is 480 g/mol. The number of methoxy groups -OCH3 is 2. The molecule has 0 aliphatic carbocycles. The Kier molecular flexibility index (Phi) is 8.94. The summed E-state index contributed by atoms with van der Waals surface area (Å²) in [7, 11) is 3.13. The predicted octanol–water partition coefficient (Wildman–Crippen LogP) is 5.18. The number of aliphatic carboxylic acids is 1. The summed E-state index contributed by atoms with van der Waals surface area (Å²) in [6.07, 6.45) is -0.772. The van der Waals surface area contributed by atoms with Crippen LogP contribution in [0.3, 0.4) is 0 Å². The minimum absolute atomic E-state index is 0.0389. The van der Waals surface area contributed by atoms with Crippen molar-refractivity contribution in [1.29, 1.82) is 0 Å². The molecule has 1 fully saturated rings. The molecule has 38 heavy (non-hydrogen) atoms. The van der Waals surface area contributed by atoms with E-state index in [0.717, 1.165) is 16.9 Å². The molecule has 7 nitrogen and oxygen atoms in total. The molecule has 2 aromatic rings. The van der Waals surface area contributed by atoms with E-state index in [4.69, 9.17) is 9.47 Å². The highest BCUT2D eigenvalue weighted by Gasteiger charge is 2.58. The Morgan fingerprint density at radius 3 is 2.16 bits per heavy atom. The SMILES string of the molecule is COc1ccc(C(C)(C)C)cc1CN[C@H]1[C@H](C(C)(C)C)[C@@H](C(=O)O)N(C(=O)[C@H](C)OC)[C@H]1c1ccccc1. The van der Waals surface area contributed by atoms with Gasteiger partial charge in [-0.2, -0.15) is 0 Å². The summed E-state index contributed by atoms with van der Waals surface area (Å²) in [6, 6.07) is 14.0. The van der Waals surface area contributed by atoms with E-state index in [1.165, 1.54) is 12.7 Å². The molecule has 3 rings (SSSR count). The Hall–Kier alpha value is -2.90. The minimum atomic E-state index is -1.02. The van der Waals surface area contributed by atoms with Crippen LogP contribution in [0, 0.1) is 11.3 Å². The zero-order chi connectivity index (χ0) is 28.4. The molecule has 0 radical (unpaired) electrons. The van der Waals surface area contributed by atoms with Crippen molar-refractivity contribution < 1.29 is 24.2 Å². The van der Waals surface area contributed by atoms with Gasteiger partial charge in [0, 0.05) is 31.2 Å². The van der Waals surface area contributed by atoms with Gasteiger partial charge in [0.2, 0.25) is 0 Å². The van der Waals surface area contributed by atoms with Gasteiger partial charge in [0.05, 0.1) is 13.2 Å². The van der Waals surface area contributed by atoms with Crippen molar-refractivity contribution in [3.05, 3.63) is 65.2 Å². The number of carboxylic acid groups (broad SMARTS) is 1. The monoisotopic (exact) mass is 524 g/mol. The Bertz CT molecular complexity index is 1120. The van der Waals surface area contributed by atoms with Crippen LogP contribution in [-0.4, -0.2) is 54.3 Å². The van der Waals surface area contributed by atoms with Crippen molar-refractivity contribution in [2.75, 3.05) is 14.2 Å². The van der Waals surface area contributed by atoms with Gasteiger partial charge in [-0.25, -0.2) is 4.79 Å². The molecule has 2 N–H and O–H groups in total. The topological polar surface area (TPSA) is 88.1 Å². The number of hydrogen-bond acceptors (Lipinski definition) is 5. The second kappa shape index (κ2) is 11.5. The highest BCUT2D eigenvalue weighted by molar-refractivity contribution is 5.88. The van der Waals surface area contributed by atoms with E-state index in [-0.39, 0.29) is 23.3 Å². The van der Waals surface area contributed by atoms with Gasteiger partial charge < -0.3 is 24.8 Å². The minimum Gasteiger partial charge on any atom is -0.496 e. The third kappa shape index (κ3) is 6.05. The van der Waals surface area contributed by atoms with E-state index >= 15 is 0 Å². The quantitative estimate of drug-likeness (QED) is 0.495. The van der Waals surface area contributed by atoms with E-state index in [0.29, 0.717) is 6.54 Å². The van der Waals surface area contributed by atoms with Gasteiger partial charge >= 0.3 is 5.97 Å². The maximum Gasteiger partial charge on any atom is 0.326 e. The Labute approximate surface area is 227 Å². The molecule has 1 aliphatic rings. The number of carbonyl (C=O) groups is 2. The van der Waals surface area contributed by atoms with Crippen LogP contribution in [0.25, 0.3) is 0 Å². The van der Waals surface area contributed by atoms with Gasteiger partial charge in [-0.15, -0.1) is 0 Å². The fraction of sp³-hybridized carbons (Fsp3) is 0.548. The van der Waals surface area contributed by atoms with Crippen molar-refractivity contribution in [3.8, 4) is 5.75 Å². The summed E-state index contributed by atoms with van der Waals surface area (Å²) in [5.74, 6) is -0.962. The van der Waals surface area contributed by atoms with Crippen molar-refractivity contribution in [2.45, 2.75) is 84.7 Å². The lowest BCUT2D eigenvalue weighted by Crippen LogP contribution is -2.50. The van der Waals surface area contributed by atoms with Crippen LogP contribution in [-0.2, 0) is 26.3 Å². The van der Waals surface area contributed by atoms with Crippen LogP contribution in [0.1, 0.15) is 71.2 Å². The summed E-state index contributed by atoms with van der Waals surface area (Å²) in [4.78, 5) is 28.1. The molecule has 1 heterocycles. The maximum atomic E-state index is 13.7. The third-order valence-electron chi connectivity index (χ3n) is 7.69. The first-order chi connectivity index (χ1) is 17.7. The molecule has 5 atom stereocenters. The first-order valence-electron chi connectivity index (χ1n) is 13.3. The Morgan fingerprint density at radius 1 is 1.03 bits per heavy atom. The van der Waals surface area contributed by atoms with E-state index < -0.39 is 29.6 Å². The number of likely N-dealkylation sites (tertiary alicyclic amines) is 1. The third-order valence-corrected chi connectivity index (χ3v) is 7.69. The van der Waals surface area contributed by atoms with Crippen LogP contribution in [0.4, 0.5) is 0 Å². The lowest BCUT2D eigenvalue weighted by molar-refractivity contribution is -0.156. The zero-order valence-corrected chi connectivity index (χ0v) is 24.2. The molecule has 208 valence electrons. The van der Waals surface area contributed by atoms with Crippen molar-refractivity contribution in [2.24, 2.45) is 11.3 Å². The lowest BCUT2D eigenvalue weighted by atomic mass is 9.72. The first kappa shape index (κ1) is 29.7. The summed E-state index contributed by atoms with van der Waals surface area (Å²) >= 11 is 0. The Balaban J connectivity index is 2.16. The number of hydrogen-bond donors (Lipinski definition) is 2. The lowest BCUT2D eigenvalue weighted by Gasteiger charge is -2.35. The van der Waals surface area contributed by atoms with Crippen molar-refractivity contribution in [1.82, 2.24) is 10.2 Å². The molecule has 0 saturated carbocycles. The molecule has 0 spiro atoms. The van der Waals surface area contributed by atoms with Crippen molar-refractivity contribution >= 4 is 11.9 Å². The number of carbonyl (C=O) groups excluding carboxylic acids is 1. The van der Waals surface area contributed by atoms with E-state index in [9.17, 15) is 14.7 Å². The van der Waals surface area contributed by atoms with Gasteiger partial charge in [0.15, 0.2) is 0 Å². The van der Waals surface area contributed by atoms with E-state index in [2.05, 4.69) is 38.2 Å². The summed E-state index contributed by atoms with van der Waals surface area (Å²) in [5, 5.41) is 14.2. The van der Waals surface area contributed by atoms with E-state index in [1.54, 1.807) is 18.9 Å². The average molecular weight is 525 g/mol. The predicted molar refractivity (Wildman–Crippen MR) is 149 cm³/mol. The summed E-state index contributed by atoms with van der Waals surface area (Å²) < 4.78 is 11.1. The molecule has 1 aliphatic heterocycles. The van der Waals surface area contributed by atoms with Gasteiger partial charge in [0.25, 0.3) is 5.91 Å². The number of amides is 1. The highest BCUT2D eigenvalue weighted by atomic mass is 16.5. The molecular formula is C31H44N2O5. The largest absolute Gasteiger partial charge is 0.496 e. The van der Waals surface area contributed by atoms with Gasteiger partial charge in [0.1, 0.15) is 17.9 Å². The van der Waals surface area contributed by atoms with Crippen LogP contribution in [0.5, 0.6) is 5.75 Å². The average Bonchev–Trinajstić information content (AvgIpc) is 3.22. The summed E-state index contributed by atoms with van der Waals surface area (Å²) in [5.41, 5.74) is 2.60. The van der Waals surface area contributed by atoms with Gasteiger partial charge in [-0.1, -0.05) is 84.0 Å². The van der Waals surface area contributed by atoms with E-state index in [1.807, 2.05) is 57.2 Å². The number of rotatable bonds is 8. The first-order valence-corrected chi connectivity index (χ1v) is 13.3. The second-order valence-electron chi connectivity index (χ2n) is 12.3. The number of nitrogens with zero attached hydrogens (tertiary/aromatic N) is 1. The standard InChI is InChI=1S/C31H44N2O5/c1-19(37-8)28(34)33-26(20-13-11-10-12-14-20)25(24(31(5,6)7)27(33)29(35)36)32-18-21-17-22(30(2,3)4)15-16-23(21)38-9/h10-17,19,24-27,32H,18H2,1-9H3,(H,35,36)/t19-,24-,25-,26-,27-/m0/s1. The normalized spacial score (nSPS) is 22.8. The molecule has 2 aromatic carbocycles. The second-order valence-corrected chi connectivity index (χ2v) is 12.3. The zero-order valence-electron chi connectivity index (χ0n) is 24.2. The van der Waals surface area contributed by atoms with Gasteiger partial charge in [-0.05, 0) is 34.9 Å². The van der Waals surface area contributed by atoms with Crippen molar-refractivity contribution in [3.63, 3.8) is 0 Å². The molecule has 7 heteroatoms. The molecule has 1 amide bonds. The summed E-state index contributed by atoms with van der Waals surface area (Å²) in [6.45, 7) is 14.8. The van der Waals surface area contributed by atoms with Crippen LogP contribution < -0.4 is 10.1 Å². The number of ether oxygens (including phenoxy) is 2. The van der Waals surface area contributed by atoms with Crippen LogP contribution in [0.2, 0.25) is 0 Å². The maximum absolute atomic E-state index is 13.7. The number of nitrogens with one attached hydrogen (secondary N) is 1. The Morgan fingerprint density at radius 2 is 1.66 bits per heavy atom. The van der Waals surface area contributed by atoms with Crippen LogP contribution >= 0.6 is 0 Å². The fourth-order valence-corrected chi connectivity index (χ4v) is 5.65. The highest BCUT2D eigenvalue weighted by Crippen LogP contribution is 2.48. The fourth-order valence-electron chi connectivity index (χ4n) is 5.65. The van der Waals surface area contributed by atoms with Crippen LogP contribution in [0.15, 0.2) is 48.5 Å². The number of benzene rings is 2. The molecule has 0 bridgehead atoms.